The summed E-state index contributed by atoms with van der Waals surface area (Å²) in [6.45, 7) is 5.69. The van der Waals surface area contributed by atoms with Gasteiger partial charge in [-0.15, -0.1) is 0 Å². The summed E-state index contributed by atoms with van der Waals surface area (Å²) in [4.78, 5) is 16.2. The maximum absolute atomic E-state index is 12.0. The van der Waals surface area contributed by atoms with Crippen molar-refractivity contribution in [1.82, 2.24) is 5.32 Å². The summed E-state index contributed by atoms with van der Waals surface area (Å²) in [5.41, 5.74) is 5.64. The quantitative estimate of drug-likeness (QED) is 0.710. The molecule has 0 aromatic rings. The highest BCUT2D eigenvalue weighted by molar-refractivity contribution is 6.01. The number of allylic oxidation sites excluding steroid dienone is 2. The minimum Gasteiger partial charge on any atom is -0.483 e. The van der Waals surface area contributed by atoms with Gasteiger partial charge in [0.05, 0.1) is 12.6 Å². The molecule has 100 valence electrons. The lowest BCUT2D eigenvalue weighted by atomic mass is 9.84. The number of piperidine rings is 1. The number of Topliss-reactive ketones (excluding diaryl/α,β-unsaturated/α-hetero) is 1. The minimum absolute atomic E-state index is 0.0200. The molecule has 2 aliphatic rings. The highest BCUT2D eigenvalue weighted by atomic mass is 16.5. The summed E-state index contributed by atoms with van der Waals surface area (Å²) in [5, 5.41) is 3.28. The Morgan fingerprint density at radius 1 is 1.44 bits per heavy atom. The SMILES string of the molecule is CC(C)N=CC1=C(N)C(=O)CC2(CCNCC2)O1. The van der Waals surface area contributed by atoms with E-state index in [9.17, 15) is 4.79 Å². The maximum Gasteiger partial charge on any atom is 0.186 e. The summed E-state index contributed by atoms with van der Waals surface area (Å²) in [7, 11) is 0. The topological polar surface area (TPSA) is 76.7 Å². The highest BCUT2D eigenvalue weighted by Gasteiger charge is 2.41. The number of carbonyl (C=O) groups is 1. The largest absolute Gasteiger partial charge is 0.483 e. The van der Waals surface area contributed by atoms with E-state index < -0.39 is 0 Å². The number of ether oxygens (including phenoxy) is 1. The predicted molar refractivity (Wildman–Crippen MR) is 70.4 cm³/mol. The second kappa shape index (κ2) is 5.10. The average molecular weight is 251 g/mol. The zero-order valence-electron chi connectivity index (χ0n) is 11.0. The zero-order valence-corrected chi connectivity index (χ0v) is 11.0. The standard InChI is InChI=1S/C13H21N3O2/c1-9(2)16-8-11-12(14)10(17)7-13(18-11)3-5-15-6-4-13/h8-9,15H,3-7,14H2,1-2H3. The molecule has 5 nitrogen and oxygen atoms in total. The summed E-state index contributed by atoms with van der Waals surface area (Å²) in [6.07, 6.45) is 3.66. The molecular weight excluding hydrogens is 230 g/mol. The monoisotopic (exact) mass is 251 g/mol. The fraction of sp³-hybridized carbons (Fsp3) is 0.692. The van der Waals surface area contributed by atoms with Crippen molar-refractivity contribution in [2.24, 2.45) is 10.7 Å². The van der Waals surface area contributed by atoms with Crippen LogP contribution in [-0.2, 0) is 9.53 Å². The maximum atomic E-state index is 12.0. The molecule has 1 spiro atoms. The van der Waals surface area contributed by atoms with Crippen molar-refractivity contribution in [3.63, 3.8) is 0 Å². The Hall–Kier alpha value is -1.36. The van der Waals surface area contributed by atoms with Gasteiger partial charge in [0.15, 0.2) is 11.5 Å². The Bertz CT molecular complexity index is 393. The third-order valence-corrected chi connectivity index (χ3v) is 3.38. The van der Waals surface area contributed by atoms with Gasteiger partial charge in [0.25, 0.3) is 0 Å². The Kier molecular flexibility index (Phi) is 3.71. The molecule has 0 aromatic carbocycles. The molecule has 0 atom stereocenters. The van der Waals surface area contributed by atoms with Gasteiger partial charge in [-0.3, -0.25) is 9.79 Å². The molecule has 1 fully saturated rings. The lowest BCUT2D eigenvalue weighted by Crippen LogP contribution is -2.48. The van der Waals surface area contributed by atoms with Crippen molar-refractivity contribution in [2.45, 2.75) is 44.8 Å². The molecule has 2 rings (SSSR count). The average Bonchev–Trinajstić information content (AvgIpc) is 2.33. The van der Waals surface area contributed by atoms with Crippen LogP contribution in [0.25, 0.3) is 0 Å². The molecule has 0 saturated carbocycles. The zero-order chi connectivity index (χ0) is 13.2. The van der Waals surface area contributed by atoms with E-state index in [1.54, 1.807) is 6.21 Å². The number of carbonyl (C=O) groups excluding carboxylic acids is 1. The number of hydrogen-bond acceptors (Lipinski definition) is 5. The van der Waals surface area contributed by atoms with E-state index in [0.717, 1.165) is 25.9 Å². The van der Waals surface area contributed by atoms with Gasteiger partial charge >= 0.3 is 0 Å². The molecule has 2 heterocycles. The van der Waals surface area contributed by atoms with Gasteiger partial charge < -0.3 is 15.8 Å². The molecule has 1 saturated heterocycles. The molecule has 0 amide bonds. The van der Waals surface area contributed by atoms with E-state index in [1.165, 1.54) is 0 Å². The molecule has 5 heteroatoms. The summed E-state index contributed by atoms with van der Waals surface area (Å²) < 4.78 is 5.99. The molecule has 2 aliphatic heterocycles. The number of nitrogens with one attached hydrogen (secondary N) is 1. The predicted octanol–water partition coefficient (Wildman–Crippen LogP) is 0.747. The van der Waals surface area contributed by atoms with Crippen LogP contribution in [0.2, 0.25) is 0 Å². The van der Waals surface area contributed by atoms with Crippen LogP contribution in [0, 0.1) is 0 Å². The molecule has 3 N–H and O–H groups in total. The Morgan fingerprint density at radius 2 is 2.11 bits per heavy atom. The van der Waals surface area contributed by atoms with Gasteiger partial charge in [0.1, 0.15) is 11.3 Å². The summed E-state index contributed by atoms with van der Waals surface area (Å²) in [6, 6.07) is 0.162. The number of aliphatic imine (C=N–C) groups is 1. The first-order valence-electron chi connectivity index (χ1n) is 6.48. The third kappa shape index (κ3) is 2.72. The normalized spacial score (nSPS) is 24.1. The molecule has 0 bridgehead atoms. The number of ketones is 1. The summed E-state index contributed by atoms with van der Waals surface area (Å²) in [5.74, 6) is 0.426. The number of nitrogens with two attached hydrogens (primary N) is 1. The second-order valence-corrected chi connectivity index (χ2v) is 5.28. The van der Waals surface area contributed by atoms with Gasteiger partial charge in [-0.1, -0.05) is 0 Å². The van der Waals surface area contributed by atoms with Crippen LogP contribution in [0.5, 0.6) is 0 Å². The van der Waals surface area contributed by atoms with Crippen LogP contribution >= 0.6 is 0 Å². The lowest BCUT2D eigenvalue weighted by molar-refractivity contribution is -0.126. The smallest absolute Gasteiger partial charge is 0.186 e. The summed E-state index contributed by atoms with van der Waals surface area (Å²) >= 11 is 0. The first kappa shape index (κ1) is 13.1. The van der Waals surface area contributed by atoms with Crippen molar-refractivity contribution in [3.05, 3.63) is 11.5 Å². The van der Waals surface area contributed by atoms with Crippen LogP contribution in [0.4, 0.5) is 0 Å². The van der Waals surface area contributed by atoms with Crippen LogP contribution in [0.15, 0.2) is 16.4 Å². The van der Waals surface area contributed by atoms with Crippen LogP contribution < -0.4 is 11.1 Å². The Labute approximate surface area is 107 Å². The van der Waals surface area contributed by atoms with Crippen molar-refractivity contribution in [1.29, 1.82) is 0 Å². The molecule has 0 aromatic heterocycles. The second-order valence-electron chi connectivity index (χ2n) is 5.28. The van der Waals surface area contributed by atoms with Gasteiger partial charge in [0.2, 0.25) is 0 Å². The van der Waals surface area contributed by atoms with Crippen molar-refractivity contribution < 1.29 is 9.53 Å². The van der Waals surface area contributed by atoms with Crippen molar-refractivity contribution >= 4 is 12.0 Å². The van der Waals surface area contributed by atoms with E-state index in [4.69, 9.17) is 10.5 Å². The fourth-order valence-electron chi connectivity index (χ4n) is 2.32. The first-order chi connectivity index (χ1) is 8.52. The van der Waals surface area contributed by atoms with E-state index >= 15 is 0 Å². The number of rotatable bonds is 2. The fourth-order valence-corrected chi connectivity index (χ4v) is 2.32. The van der Waals surface area contributed by atoms with Crippen LogP contribution in [0.1, 0.15) is 33.1 Å². The molecule has 0 aliphatic carbocycles. The number of hydrogen-bond donors (Lipinski definition) is 2. The minimum atomic E-state index is -0.371. The molecule has 18 heavy (non-hydrogen) atoms. The van der Waals surface area contributed by atoms with Crippen molar-refractivity contribution in [3.8, 4) is 0 Å². The van der Waals surface area contributed by atoms with Gasteiger partial charge in [-0.2, -0.15) is 0 Å². The van der Waals surface area contributed by atoms with E-state index in [2.05, 4.69) is 10.3 Å². The van der Waals surface area contributed by atoms with Crippen LogP contribution in [0.3, 0.4) is 0 Å². The van der Waals surface area contributed by atoms with Crippen LogP contribution in [-0.4, -0.2) is 36.7 Å². The van der Waals surface area contributed by atoms with E-state index in [0.29, 0.717) is 12.2 Å². The Balaban J connectivity index is 2.21. The van der Waals surface area contributed by atoms with Gasteiger partial charge in [0, 0.05) is 18.9 Å². The first-order valence-corrected chi connectivity index (χ1v) is 6.48. The van der Waals surface area contributed by atoms with E-state index in [1.807, 2.05) is 13.8 Å². The van der Waals surface area contributed by atoms with Gasteiger partial charge in [-0.05, 0) is 26.9 Å². The van der Waals surface area contributed by atoms with E-state index in [-0.39, 0.29) is 23.1 Å². The lowest BCUT2D eigenvalue weighted by Gasteiger charge is -2.40. The highest BCUT2D eigenvalue weighted by Crippen LogP contribution is 2.34. The van der Waals surface area contributed by atoms with Crippen molar-refractivity contribution in [2.75, 3.05) is 13.1 Å². The third-order valence-electron chi connectivity index (χ3n) is 3.38. The molecular formula is C13H21N3O2. The molecule has 0 radical (unpaired) electrons. The molecule has 0 unspecified atom stereocenters. The van der Waals surface area contributed by atoms with Gasteiger partial charge in [-0.25, -0.2) is 0 Å². The Morgan fingerprint density at radius 3 is 2.72 bits per heavy atom. The number of nitrogens with zero attached hydrogens (tertiary/aromatic N) is 1.